The van der Waals surface area contributed by atoms with E-state index in [1.807, 2.05) is 7.41 Å². The van der Waals surface area contributed by atoms with Gasteiger partial charge in [-0.25, -0.2) is 0 Å². The van der Waals surface area contributed by atoms with Gasteiger partial charge in [-0.3, -0.25) is 4.79 Å². The maximum absolute atomic E-state index is 11.3. The Bertz CT molecular complexity index is 218. The number of hydrogen-bond donors (Lipinski definition) is 1. The van der Waals surface area contributed by atoms with Crippen LogP contribution in [0.15, 0.2) is 0 Å². The number of fused-ring (bicyclic) bond motifs is 5. The minimum absolute atomic E-state index is 0.294. The van der Waals surface area contributed by atoms with Crippen LogP contribution in [0.5, 0.6) is 0 Å². The van der Waals surface area contributed by atoms with Crippen LogP contribution in [0.25, 0.3) is 0 Å². The first-order valence-electron chi connectivity index (χ1n) is 4.50. The molecule has 2 bridgehead atoms. The minimum Gasteiger partial charge on any atom is -0.403 e. The summed E-state index contributed by atoms with van der Waals surface area (Å²) in [6.07, 6.45) is 3.98. The van der Waals surface area contributed by atoms with Crippen LogP contribution in [-0.2, 0) is 4.79 Å². The summed E-state index contributed by atoms with van der Waals surface area (Å²) in [6, 6.07) is 0. The summed E-state index contributed by atoms with van der Waals surface area (Å²) in [7, 11) is 2.04. The van der Waals surface area contributed by atoms with Crippen LogP contribution in [0.4, 0.5) is 0 Å². The third kappa shape index (κ3) is 0.621. The van der Waals surface area contributed by atoms with E-state index >= 15 is 0 Å². The molecule has 1 radical (unpaired) electrons. The van der Waals surface area contributed by atoms with Crippen molar-refractivity contribution in [3.8, 4) is 0 Å². The maximum Gasteiger partial charge on any atom is 0.250 e. The van der Waals surface area contributed by atoms with Crippen LogP contribution in [-0.4, -0.2) is 13.3 Å². The number of carbonyl (C=O) groups excluding carboxylic acids is 1. The summed E-state index contributed by atoms with van der Waals surface area (Å²) < 4.78 is 0. The SMILES string of the molecule is O=C1N[B]C2C3CCC(C3)C12. The van der Waals surface area contributed by atoms with Crippen molar-refractivity contribution in [1.29, 1.82) is 0 Å². The molecule has 1 heterocycles. The lowest BCUT2D eigenvalue weighted by Gasteiger charge is -2.20. The molecule has 1 N–H and O–H groups in total. The molecule has 2 aliphatic carbocycles. The summed E-state index contributed by atoms with van der Waals surface area (Å²) >= 11 is 0. The molecule has 3 rings (SSSR count). The summed E-state index contributed by atoms with van der Waals surface area (Å²) in [6.45, 7) is 0. The van der Waals surface area contributed by atoms with Gasteiger partial charge >= 0.3 is 0 Å². The van der Waals surface area contributed by atoms with Crippen molar-refractivity contribution in [2.75, 3.05) is 0 Å². The topological polar surface area (TPSA) is 29.1 Å². The normalized spacial score (nSPS) is 52.2. The highest BCUT2D eigenvalue weighted by Gasteiger charge is 2.53. The molecule has 1 amide bonds. The zero-order valence-electron chi connectivity index (χ0n) is 6.42. The summed E-state index contributed by atoms with van der Waals surface area (Å²) in [5.74, 6) is 2.82. The van der Waals surface area contributed by atoms with Crippen LogP contribution in [0, 0.1) is 17.8 Å². The highest BCUT2D eigenvalue weighted by atomic mass is 16.1. The van der Waals surface area contributed by atoms with Crippen molar-refractivity contribution in [3.63, 3.8) is 0 Å². The highest BCUT2D eigenvalue weighted by Crippen LogP contribution is 2.56. The third-order valence-corrected chi connectivity index (χ3v) is 3.70. The Morgan fingerprint density at radius 3 is 3.00 bits per heavy atom. The summed E-state index contributed by atoms with van der Waals surface area (Å²) in [5, 5.41) is 2.86. The lowest BCUT2D eigenvalue weighted by Crippen LogP contribution is -2.23. The Kier molecular flexibility index (Phi) is 1.01. The van der Waals surface area contributed by atoms with Crippen molar-refractivity contribution < 1.29 is 4.79 Å². The molecule has 0 spiro atoms. The van der Waals surface area contributed by atoms with Gasteiger partial charge in [0.25, 0.3) is 7.41 Å². The molecule has 2 nitrogen and oxygen atoms in total. The molecule has 0 aromatic heterocycles. The molecule has 3 aliphatic rings. The maximum atomic E-state index is 11.3. The molecule has 1 aliphatic heterocycles. The minimum atomic E-state index is 0.294. The first kappa shape index (κ1) is 6.10. The van der Waals surface area contributed by atoms with Gasteiger partial charge in [0.05, 0.1) is 0 Å². The molecule has 57 valence electrons. The Morgan fingerprint density at radius 1 is 1.36 bits per heavy atom. The van der Waals surface area contributed by atoms with Gasteiger partial charge in [0.1, 0.15) is 0 Å². The third-order valence-electron chi connectivity index (χ3n) is 3.70. The number of carbonyl (C=O) groups is 1. The number of rotatable bonds is 0. The quantitative estimate of drug-likeness (QED) is 0.500. The van der Waals surface area contributed by atoms with Gasteiger partial charge < -0.3 is 5.23 Å². The number of nitrogens with one attached hydrogen (secondary N) is 1. The second kappa shape index (κ2) is 1.82. The zero-order chi connectivity index (χ0) is 7.42. The zero-order valence-corrected chi connectivity index (χ0v) is 6.42. The first-order valence-corrected chi connectivity index (χ1v) is 4.50. The predicted octanol–water partition coefficient (Wildman–Crippen LogP) is 0.570. The Hall–Kier alpha value is -0.465. The fraction of sp³-hybridized carbons (Fsp3) is 0.875. The van der Waals surface area contributed by atoms with Gasteiger partial charge in [0.2, 0.25) is 5.91 Å². The summed E-state index contributed by atoms with van der Waals surface area (Å²) in [4.78, 5) is 11.3. The van der Waals surface area contributed by atoms with Crippen LogP contribution in [0.1, 0.15) is 19.3 Å². The van der Waals surface area contributed by atoms with E-state index in [2.05, 4.69) is 5.23 Å². The lowest BCUT2D eigenvalue weighted by atomic mass is 9.66. The van der Waals surface area contributed by atoms with Gasteiger partial charge in [-0.05, 0) is 30.5 Å². The summed E-state index contributed by atoms with van der Waals surface area (Å²) in [5.41, 5.74) is 0. The van der Waals surface area contributed by atoms with E-state index in [4.69, 9.17) is 0 Å². The van der Waals surface area contributed by atoms with Gasteiger partial charge in [0, 0.05) is 5.92 Å². The van der Waals surface area contributed by atoms with Crippen molar-refractivity contribution in [1.82, 2.24) is 5.23 Å². The molecule has 3 fully saturated rings. The average Bonchev–Trinajstić information content (AvgIpc) is 2.60. The van der Waals surface area contributed by atoms with Crippen LogP contribution < -0.4 is 5.23 Å². The second-order valence-corrected chi connectivity index (χ2v) is 4.11. The lowest BCUT2D eigenvalue weighted by molar-refractivity contribution is -0.123. The van der Waals surface area contributed by atoms with Gasteiger partial charge in [-0.2, -0.15) is 0 Å². The Labute approximate surface area is 67.0 Å². The van der Waals surface area contributed by atoms with E-state index < -0.39 is 0 Å². The van der Waals surface area contributed by atoms with Gasteiger partial charge in [0.15, 0.2) is 0 Å². The predicted molar refractivity (Wildman–Crippen MR) is 42.0 cm³/mol. The van der Waals surface area contributed by atoms with Gasteiger partial charge in [-0.15, -0.1) is 0 Å². The second-order valence-electron chi connectivity index (χ2n) is 4.11. The van der Waals surface area contributed by atoms with Crippen LogP contribution in [0.2, 0.25) is 5.82 Å². The first-order chi connectivity index (χ1) is 5.36. The molecule has 4 atom stereocenters. The van der Waals surface area contributed by atoms with Crippen molar-refractivity contribution >= 4 is 13.3 Å². The van der Waals surface area contributed by atoms with Gasteiger partial charge in [-0.1, -0.05) is 6.42 Å². The number of hydrogen-bond acceptors (Lipinski definition) is 1. The average molecular weight is 148 g/mol. The van der Waals surface area contributed by atoms with Crippen molar-refractivity contribution in [3.05, 3.63) is 0 Å². The molecule has 11 heavy (non-hydrogen) atoms. The molecule has 0 aromatic carbocycles. The monoisotopic (exact) mass is 148 g/mol. The number of amides is 1. The molecule has 3 heteroatoms. The van der Waals surface area contributed by atoms with E-state index in [9.17, 15) is 4.79 Å². The highest BCUT2D eigenvalue weighted by molar-refractivity contribution is 6.43. The van der Waals surface area contributed by atoms with Crippen LogP contribution >= 0.6 is 0 Å². The largest absolute Gasteiger partial charge is 0.403 e. The molecule has 0 aromatic rings. The van der Waals surface area contributed by atoms with E-state index in [0.717, 1.165) is 11.8 Å². The smallest absolute Gasteiger partial charge is 0.250 e. The fourth-order valence-electron chi connectivity index (χ4n) is 3.24. The Morgan fingerprint density at radius 2 is 2.18 bits per heavy atom. The van der Waals surface area contributed by atoms with Crippen LogP contribution in [0.3, 0.4) is 0 Å². The van der Waals surface area contributed by atoms with E-state index in [-0.39, 0.29) is 0 Å². The molecule has 4 unspecified atom stereocenters. The standard InChI is InChI=1S/C8H11BNO/c11-8-6-4-1-2-5(3-4)7(6)9-10-8/h4-7H,1-3H2,(H,10,11). The molecule has 2 saturated carbocycles. The van der Waals surface area contributed by atoms with E-state index in [1.165, 1.54) is 19.3 Å². The van der Waals surface area contributed by atoms with E-state index in [1.54, 1.807) is 0 Å². The molecular formula is C8H11BNO. The van der Waals surface area contributed by atoms with Crippen molar-refractivity contribution in [2.24, 2.45) is 17.8 Å². The van der Waals surface area contributed by atoms with Crippen molar-refractivity contribution in [2.45, 2.75) is 25.1 Å². The molecular weight excluding hydrogens is 137 g/mol. The fourth-order valence-corrected chi connectivity index (χ4v) is 3.24. The Balaban J connectivity index is 1.97. The molecule has 1 saturated heterocycles. The van der Waals surface area contributed by atoms with E-state index in [0.29, 0.717) is 17.6 Å².